The van der Waals surface area contributed by atoms with Gasteiger partial charge in [0.05, 0.1) is 12.2 Å². The van der Waals surface area contributed by atoms with E-state index in [0.29, 0.717) is 19.5 Å². The standard InChI is InChI=1S/C10H15NO4/c12-8(13)10(9(14)4-11-5-9)3-6-1-2-7(10)15-6/h6-7,11,14H,1-5H2,(H,12,13). The van der Waals surface area contributed by atoms with Crippen molar-refractivity contribution in [2.24, 2.45) is 5.41 Å². The highest BCUT2D eigenvalue weighted by molar-refractivity contribution is 5.78. The Morgan fingerprint density at radius 3 is 2.47 bits per heavy atom. The van der Waals surface area contributed by atoms with Gasteiger partial charge in [-0.2, -0.15) is 0 Å². The van der Waals surface area contributed by atoms with Crippen LogP contribution in [0.1, 0.15) is 19.3 Å². The molecule has 3 N–H and O–H groups in total. The summed E-state index contributed by atoms with van der Waals surface area (Å²) in [7, 11) is 0. The minimum absolute atomic E-state index is 0.0377. The van der Waals surface area contributed by atoms with Crippen molar-refractivity contribution in [1.82, 2.24) is 5.32 Å². The average Bonchev–Trinajstić information content (AvgIpc) is 2.73. The number of β-amino-alcohol motifs (C(OH)–C–C–N with tert-alkyl or cyclic N) is 1. The third kappa shape index (κ3) is 0.959. The summed E-state index contributed by atoms with van der Waals surface area (Å²) in [5.74, 6) is -0.904. The first-order valence-corrected chi connectivity index (χ1v) is 5.40. The van der Waals surface area contributed by atoms with Gasteiger partial charge in [-0.15, -0.1) is 0 Å². The minimum atomic E-state index is -1.11. The molecular formula is C10H15NO4. The van der Waals surface area contributed by atoms with Crippen molar-refractivity contribution in [3.05, 3.63) is 0 Å². The van der Waals surface area contributed by atoms with E-state index in [-0.39, 0.29) is 12.2 Å². The molecular weight excluding hydrogens is 198 g/mol. The van der Waals surface area contributed by atoms with Crippen LogP contribution in [0, 0.1) is 5.41 Å². The Labute approximate surface area is 87.4 Å². The monoisotopic (exact) mass is 213 g/mol. The summed E-state index contributed by atoms with van der Waals surface area (Å²) >= 11 is 0. The molecule has 0 aliphatic carbocycles. The predicted octanol–water partition coefficient (Wildman–Crippen LogP) is -0.657. The summed E-state index contributed by atoms with van der Waals surface area (Å²) in [4.78, 5) is 11.5. The van der Waals surface area contributed by atoms with Gasteiger partial charge >= 0.3 is 5.97 Å². The molecule has 0 spiro atoms. The second kappa shape index (κ2) is 2.72. The lowest BCUT2D eigenvalue weighted by Gasteiger charge is -2.50. The molecule has 0 radical (unpaired) electrons. The summed E-state index contributed by atoms with van der Waals surface area (Å²) in [6.45, 7) is 0.734. The molecule has 84 valence electrons. The molecule has 3 aliphatic heterocycles. The molecule has 3 aliphatic rings. The van der Waals surface area contributed by atoms with Crippen LogP contribution in [0.5, 0.6) is 0 Å². The third-order valence-corrected chi connectivity index (χ3v) is 4.25. The molecule has 3 atom stereocenters. The smallest absolute Gasteiger partial charge is 0.315 e. The Hall–Kier alpha value is -0.650. The fourth-order valence-electron chi connectivity index (χ4n) is 3.30. The van der Waals surface area contributed by atoms with E-state index in [0.717, 1.165) is 12.8 Å². The van der Waals surface area contributed by atoms with Crippen molar-refractivity contribution in [1.29, 1.82) is 0 Å². The number of rotatable bonds is 2. The largest absolute Gasteiger partial charge is 0.481 e. The molecule has 3 saturated heterocycles. The van der Waals surface area contributed by atoms with Crippen LogP contribution in [0.2, 0.25) is 0 Å². The summed E-state index contributed by atoms with van der Waals surface area (Å²) in [5, 5.41) is 22.7. The van der Waals surface area contributed by atoms with E-state index in [9.17, 15) is 15.0 Å². The van der Waals surface area contributed by atoms with Crippen LogP contribution in [0.4, 0.5) is 0 Å². The number of carboxylic acid groups (broad SMARTS) is 1. The minimum Gasteiger partial charge on any atom is -0.481 e. The lowest BCUT2D eigenvalue weighted by atomic mass is 9.60. The second-order valence-corrected chi connectivity index (χ2v) is 4.94. The fraction of sp³-hybridized carbons (Fsp3) is 0.900. The molecule has 0 saturated carbocycles. The Balaban J connectivity index is 2.00. The van der Waals surface area contributed by atoms with Gasteiger partial charge in [-0.3, -0.25) is 4.79 Å². The fourth-order valence-corrected chi connectivity index (χ4v) is 3.30. The third-order valence-electron chi connectivity index (χ3n) is 4.25. The molecule has 0 aromatic heterocycles. The molecule has 5 heteroatoms. The maximum Gasteiger partial charge on any atom is 0.315 e. The lowest BCUT2D eigenvalue weighted by molar-refractivity contribution is -0.187. The number of ether oxygens (including phenoxy) is 1. The molecule has 3 fully saturated rings. The first-order chi connectivity index (χ1) is 7.08. The van der Waals surface area contributed by atoms with E-state index in [1.54, 1.807) is 0 Å². The first-order valence-electron chi connectivity index (χ1n) is 5.40. The van der Waals surface area contributed by atoms with Crippen molar-refractivity contribution in [2.75, 3.05) is 13.1 Å². The Kier molecular flexibility index (Phi) is 1.74. The van der Waals surface area contributed by atoms with Crippen LogP contribution in [0.15, 0.2) is 0 Å². The van der Waals surface area contributed by atoms with Gasteiger partial charge < -0.3 is 20.3 Å². The summed E-state index contributed by atoms with van der Waals surface area (Å²) in [5.41, 5.74) is -2.18. The van der Waals surface area contributed by atoms with Crippen molar-refractivity contribution >= 4 is 5.97 Å². The highest BCUT2D eigenvalue weighted by Crippen LogP contribution is 2.54. The highest BCUT2D eigenvalue weighted by Gasteiger charge is 2.69. The maximum absolute atomic E-state index is 11.5. The molecule has 3 unspecified atom stereocenters. The highest BCUT2D eigenvalue weighted by atomic mass is 16.5. The van der Waals surface area contributed by atoms with Crippen LogP contribution in [-0.2, 0) is 9.53 Å². The molecule has 0 amide bonds. The quantitative estimate of drug-likeness (QED) is 0.567. The topological polar surface area (TPSA) is 78.8 Å². The van der Waals surface area contributed by atoms with Crippen LogP contribution in [0.25, 0.3) is 0 Å². The molecule has 3 rings (SSSR count). The van der Waals surface area contributed by atoms with Gasteiger partial charge in [0.15, 0.2) is 0 Å². The number of hydrogen-bond acceptors (Lipinski definition) is 4. The Bertz CT molecular complexity index is 315. The number of nitrogens with one attached hydrogen (secondary N) is 1. The predicted molar refractivity (Wildman–Crippen MR) is 50.4 cm³/mol. The van der Waals surface area contributed by atoms with E-state index in [2.05, 4.69) is 5.32 Å². The molecule has 5 nitrogen and oxygen atoms in total. The van der Waals surface area contributed by atoms with Crippen LogP contribution in [-0.4, -0.2) is 47.1 Å². The van der Waals surface area contributed by atoms with Gasteiger partial charge in [-0.1, -0.05) is 0 Å². The summed E-state index contributed by atoms with van der Waals surface area (Å²) in [6, 6.07) is 0. The van der Waals surface area contributed by atoms with Gasteiger partial charge in [-0.05, 0) is 19.3 Å². The van der Waals surface area contributed by atoms with E-state index in [1.165, 1.54) is 0 Å². The zero-order chi connectivity index (χ0) is 10.7. The first kappa shape index (κ1) is 9.57. The van der Waals surface area contributed by atoms with Gasteiger partial charge in [0.25, 0.3) is 0 Å². The number of fused-ring (bicyclic) bond motifs is 2. The number of carboxylic acids is 1. The van der Waals surface area contributed by atoms with Crippen molar-refractivity contribution in [3.8, 4) is 0 Å². The Morgan fingerprint density at radius 1 is 1.40 bits per heavy atom. The average molecular weight is 213 g/mol. The molecule has 2 bridgehead atoms. The normalized spacial score (nSPS) is 46.5. The van der Waals surface area contributed by atoms with Gasteiger partial charge in [0.1, 0.15) is 11.0 Å². The summed E-state index contributed by atoms with van der Waals surface area (Å²) < 4.78 is 5.60. The van der Waals surface area contributed by atoms with E-state index >= 15 is 0 Å². The molecule has 0 aromatic rings. The second-order valence-electron chi connectivity index (χ2n) is 4.94. The molecule has 0 aromatic carbocycles. The molecule has 15 heavy (non-hydrogen) atoms. The number of carbonyl (C=O) groups is 1. The zero-order valence-electron chi connectivity index (χ0n) is 8.40. The SMILES string of the molecule is O=C(O)C1(C2(O)CNC2)CC2CCC1O2. The Morgan fingerprint density at radius 2 is 2.13 bits per heavy atom. The van der Waals surface area contributed by atoms with Crippen molar-refractivity contribution in [3.63, 3.8) is 0 Å². The number of aliphatic hydroxyl groups is 1. The molecule has 3 heterocycles. The van der Waals surface area contributed by atoms with Crippen molar-refractivity contribution in [2.45, 2.75) is 37.1 Å². The van der Waals surface area contributed by atoms with Gasteiger partial charge in [-0.25, -0.2) is 0 Å². The van der Waals surface area contributed by atoms with Crippen molar-refractivity contribution < 1.29 is 19.7 Å². The van der Waals surface area contributed by atoms with E-state index < -0.39 is 17.0 Å². The van der Waals surface area contributed by atoms with Crippen LogP contribution in [0.3, 0.4) is 0 Å². The van der Waals surface area contributed by atoms with Gasteiger partial charge in [0, 0.05) is 13.1 Å². The summed E-state index contributed by atoms with van der Waals surface area (Å²) in [6.07, 6.45) is 1.90. The zero-order valence-corrected chi connectivity index (χ0v) is 8.40. The number of hydrogen-bond donors (Lipinski definition) is 3. The maximum atomic E-state index is 11.5. The van der Waals surface area contributed by atoms with E-state index in [4.69, 9.17) is 4.74 Å². The number of aliphatic carboxylic acids is 1. The van der Waals surface area contributed by atoms with E-state index in [1.807, 2.05) is 0 Å². The van der Waals surface area contributed by atoms with Crippen LogP contribution >= 0.6 is 0 Å². The lowest BCUT2D eigenvalue weighted by Crippen LogP contribution is -2.73. The van der Waals surface area contributed by atoms with Crippen LogP contribution < -0.4 is 5.32 Å². The van der Waals surface area contributed by atoms with Gasteiger partial charge in [0.2, 0.25) is 0 Å².